The molecule has 290 valence electrons. The SMILES string of the molecule is COC(=O)c1cccc(Cn2c(C)nc3cc(-c4nc5ccccc5o4)ccc32)c1.Cc1nc2cc(-c3nc4ccccc4o3)ccc2n1Cc1cccc(C(=O)O)c1. The van der Waals surface area contributed by atoms with Gasteiger partial charge in [-0.1, -0.05) is 48.5 Å². The summed E-state index contributed by atoms with van der Waals surface area (Å²) in [5, 5.41) is 9.22. The molecule has 0 aliphatic rings. The van der Waals surface area contributed by atoms with Gasteiger partial charge in [0.2, 0.25) is 11.8 Å². The third kappa shape index (κ3) is 7.30. The molecule has 4 heterocycles. The Morgan fingerprint density at radius 1 is 0.559 bits per heavy atom. The molecule has 0 aliphatic carbocycles. The zero-order chi connectivity index (χ0) is 40.6. The van der Waals surface area contributed by atoms with Crippen molar-refractivity contribution in [1.82, 2.24) is 29.1 Å². The summed E-state index contributed by atoms with van der Waals surface area (Å²) >= 11 is 0. The minimum atomic E-state index is -0.929. The maximum atomic E-state index is 11.8. The number of methoxy groups -OCH3 is 1. The number of carboxylic acid groups (broad SMARTS) is 1. The number of imidazole rings is 2. The summed E-state index contributed by atoms with van der Waals surface area (Å²) in [7, 11) is 1.39. The highest BCUT2D eigenvalue weighted by Gasteiger charge is 2.16. The fourth-order valence-corrected chi connectivity index (χ4v) is 7.24. The van der Waals surface area contributed by atoms with E-state index in [9.17, 15) is 14.7 Å². The molecule has 0 bridgehead atoms. The van der Waals surface area contributed by atoms with Gasteiger partial charge in [0.25, 0.3) is 0 Å². The average molecular weight is 781 g/mol. The maximum absolute atomic E-state index is 11.8. The Hall–Kier alpha value is -7.86. The van der Waals surface area contributed by atoms with E-state index < -0.39 is 5.97 Å². The molecule has 0 aliphatic heterocycles. The van der Waals surface area contributed by atoms with E-state index in [1.165, 1.54) is 7.11 Å². The van der Waals surface area contributed by atoms with Gasteiger partial charge in [-0.3, -0.25) is 0 Å². The lowest BCUT2D eigenvalue weighted by molar-refractivity contribution is 0.0599. The smallest absolute Gasteiger partial charge is 0.337 e. The molecule has 12 nitrogen and oxygen atoms in total. The molecule has 0 unspecified atom stereocenters. The van der Waals surface area contributed by atoms with Gasteiger partial charge in [0.15, 0.2) is 11.2 Å². The predicted molar refractivity (Wildman–Crippen MR) is 224 cm³/mol. The summed E-state index contributed by atoms with van der Waals surface area (Å²) in [5.41, 5.74) is 11.4. The Bertz CT molecular complexity index is 3140. The van der Waals surface area contributed by atoms with Gasteiger partial charge in [-0.15, -0.1) is 0 Å². The highest BCUT2D eigenvalue weighted by Crippen LogP contribution is 2.30. The molecular formula is C47H36N6O6. The Labute approximate surface area is 337 Å². The molecule has 0 saturated heterocycles. The topological polar surface area (TPSA) is 151 Å². The molecule has 59 heavy (non-hydrogen) atoms. The van der Waals surface area contributed by atoms with Gasteiger partial charge in [-0.25, -0.2) is 29.5 Å². The van der Waals surface area contributed by atoms with E-state index in [0.717, 1.165) is 78.2 Å². The number of hydrogen-bond acceptors (Lipinski definition) is 9. The normalized spacial score (nSPS) is 11.3. The number of oxazole rings is 2. The van der Waals surface area contributed by atoms with E-state index in [4.69, 9.17) is 18.6 Å². The van der Waals surface area contributed by atoms with Gasteiger partial charge < -0.3 is 27.8 Å². The lowest BCUT2D eigenvalue weighted by atomic mass is 10.1. The fourth-order valence-electron chi connectivity index (χ4n) is 7.24. The number of benzene rings is 6. The molecule has 10 rings (SSSR count). The summed E-state index contributed by atoms with van der Waals surface area (Å²) in [6, 6.07) is 41.8. The summed E-state index contributed by atoms with van der Waals surface area (Å²) in [5.74, 6) is 1.62. The molecular weight excluding hydrogens is 745 g/mol. The molecule has 0 radical (unpaired) electrons. The number of rotatable bonds is 8. The minimum Gasteiger partial charge on any atom is -0.478 e. The van der Waals surface area contributed by atoms with Crippen molar-refractivity contribution in [2.75, 3.05) is 7.11 Å². The van der Waals surface area contributed by atoms with Crippen LogP contribution in [0.5, 0.6) is 0 Å². The molecule has 6 aromatic carbocycles. The number of nitrogens with zero attached hydrogens (tertiary/aromatic N) is 6. The molecule has 4 aromatic heterocycles. The van der Waals surface area contributed by atoms with Crippen molar-refractivity contribution in [2.24, 2.45) is 0 Å². The number of aromatic nitrogens is 6. The number of ether oxygens (including phenoxy) is 1. The van der Waals surface area contributed by atoms with E-state index in [2.05, 4.69) is 24.1 Å². The van der Waals surface area contributed by atoms with Crippen molar-refractivity contribution >= 4 is 56.2 Å². The molecule has 1 N–H and O–H groups in total. The van der Waals surface area contributed by atoms with Crippen LogP contribution in [-0.4, -0.2) is 53.2 Å². The molecule has 0 spiro atoms. The van der Waals surface area contributed by atoms with E-state index in [1.807, 2.05) is 123 Å². The summed E-state index contributed by atoms with van der Waals surface area (Å²) < 4.78 is 20.8. The van der Waals surface area contributed by atoms with Crippen molar-refractivity contribution in [2.45, 2.75) is 26.9 Å². The van der Waals surface area contributed by atoms with Crippen molar-refractivity contribution in [1.29, 1.82) is 0 Å². The second kappa shape index (κ2) is 15.2. The van der Waals surface area contributed by atoms with E-state index in [1.54, 1.807) is 24.3 Å². The Morgan fingerprint density at radius 2 is 1.03 bits per heavy atom. The Morgan fingerprint density at radius 3 is 1.51 bits per heavy atom. The highest BCUT2D eigenvalue weighted by molar-refractivity contribution is 5.90. The molecule has 0 amide bonds. The van der Waals surface area contributed by atoms with Crippen LogP contribution in [0, 0.1) is 13.8 Å². The average Bonchev–Trinajstić information content (AvgIpc) is 4.03. The molecule has 0 atom stereocenters. The van der Waals surface area contributed by atoms with E-state index in [0.29, 0.717) is 30.4 Å². The Balaban J connectivity index is 0.000000152. The van der Waals surface area contributed by atoms with Gasteiger partial charge in [0.05, 0.1) is 40.3 Å². The zero-order valence-corrected chi connectivity index (χ0v) is 32.3. The van der Waals surface area contributed by atoms with Crippen molar-refractivity contribution in [3.63, 3.8) is 0 Å². The van der Waals surface area contributed by atoms with Crippen LogP contribution in [-0.2, 0) is 17.8 Å². The van der Waals surface area contributed by atoms with Crippen LogP contribution >= 0.6 is 0 Å². The van der Waals surface area contributed by atoms with Crippen LogP contribution in [0.1, 0.15) is 43.5 Å². The number of aromatic carboxylic acids is 1. The van der Waals surface area contributed by atoms with Gasteiger partial charge in [-0.2, -0.15) is 0 Å². The number of fused-ring (bicyclic) bond motifs is 4. The number of carbonyl (C=O) groups excluding carboxylic acids is 1. The van der Waals surface area contributed by atoms with Crippen LogP contribution in [0.3, 0.4) is 0 Å². The number of hydrogen-bond donors (Lipinski definition) is 1. The summed E-state index contributed by atoms with van der Waals surface area (Å²) in [6.07, 6.45) is 0. The Kier molecular flexibility index (Phi) is 9.49. The lowest BCUT2D eigenvalue weighted by Crippen LogP contribution is -2.05. The van der Waals surface area contributed by atoms with Crippen LogP contribution in [0.15, 0.2) is 142 Å². The first kappa shape index (κ1) is 36.8. The highest BCUT2D eigenvalue weighted by atomic mass is 16.5. The summed E-state index contributed by atoms with van der Waals surface area (Å²) in [4.78, 5) is 41.6. The molecule has 0 saturated carbocycles. The summed E-state index contributed by atoms with van der Waals surface area (Å²) in [6.45, 7) is 5.07. The molecule has 12 heteroatoms. The third-order valence-corrected chi connectivity index (χ3v) is 10.2. The van der Waals surface area contributed by atoms with Crippen LogP contribution < -0.4 is 0 Å². The van der Waals surface area contributed by atoms with Crippen molar-refractivity contribution in [3.05, 3.63) is 167 Å². The first-order chi connectivity index (χ1) is 28.7. The minimum absolute atomic E-state index is 0.280. The fraction of sp³-hybridized carbons (Fsp3) is 0.106. The van der Waals surface area contributed by atoms with Gasteiger partial charge in [0.1, 0.15) is 22.7 Å². The van der Waals surface area contributed by atoms with Crippen LogP contribution in [0.4, 0.5) is 0 Å². The monoisotopic (exact) mass is 780 g/mol. The number of esters is 1. The standard InChI is InChI=1S/C24H19N3O3.C23H17N3O3/c1-15-25-20-13-17(23-26-19-8-3-4-9-22(19)30-23)10-11-21(20)27(15)14-16-6-5-7-18(12-16)24(28)29-2;1-14-24-19-12-16(22-25-18-7-2-3-8-21(18)29-22)9-10-20(19)26(14)13-15-5-4-6-17(11-15)23(27)28/h3-13H,14H2,1-2H3;2-12H,13H2,1H3,(H,27,28). The first-order valence-corrected chi connectivity index (χ1v) is 18.9. The van der Waals surface area contributed by atoms with Crippen molar-refractivity contribution < 1.29 is 28.3 Å². The quantitative estimate of drug-likeness (QED) is 0.148. The van der Waals surface area contributed by atoms with Gasteiger partial charge in [-0.05, 0) is 110 Å². The van der Waals surface area contributed by atoms with Crippen LogP contribution in [0.2, 0.25) is 0 Å². The lowest BCUT2D eigenvalue weighted by Gasteiger charge is -2.08. The van der Waals surface area contributed by atoms with Crippen LogP contribution in [0.25, 0.3) is 67.2 Å². The zero-order valence-electron chi connectivity index (χ0n) is 32.3. The number of para-hydroxylation sites is 4. The van der Waals surface area contributed by atoms with E-state index in [-0.39, 0.29) is 11.5 Å². The largest absolute Gasteiger partial charge is 0.478 e. The van der Waals surface area contributed by atoms with Gasteiger partial charge in [0, 0.05) is 24.2 Å². The molecule has 0 fully saturated rings. The maximum Gasteiger partial charge on any atom is 0.337 e. The predicted octanol–water partition coefficient (Wildman–Crippen LogP) is 9.89. The number of aryl methyl sites for hydroxylation is 2. The second-order valence-corrected chi connectivity index (χ2v) is 14.1. The third-order valence-electron chi connectivity index (χ3n) is 10.2. The molecule has 10 aromatic rings. The van der Waals surface area contributed by atoms with E-state index >= 15 is 0 Å². The van der Waals surface area contributed by atoms with Gasteiger partial charge >= 0.3 is 11.9 Å². The van der Waals surface area contributed by atoms with Crippen molar-refractivity contribution in [3.8, 4) is 22.9 Å². The number of carboxylic acids is 1. The second-order valence-electron chi connectivity index (χ2n) is 14.1. The first-order valence-electron chi connectivity index (χ1n) is 18.9. The number of carbonyl (C=O) groups is 2.